The molecule has 2 bridgehead atoms. The molecule has 2 heterocycles. The summed E-state index contributed by atoms with van der Waals surface area (Å²) >= 11 is 0. The van der Waals surface area contributed by atoms with Crippen molar-refractivity contribution in [3.8, 4) is 5.69 Å². The third kappa shape index (κ3) is 4.75. The van der Waals surface area contributed by atoms with Crippen LogP contribution in [0, 0.1) is 23.7 Å². The highest BCUT2D eigenvalue weighted by Gasteiger charge is 2.58. The van der Waals surface area contributed by atoms with Crippen LogP contribution in [0.1, 0.15) is 18.9 Å². The highest BCUT2D eigenvalue weighted by molar-refractivity contribution is 14.0. The molecule has 1 aromatic heterocycles. The summed E-state index contributed by atoms with van der Waals surface area (Å²) in [6, 6.07) is 10.0. The van der Waals surface area contributed by atoms with Crippen LogP contribution in [0.2, 0.25) is 0 Å². The normalized spacial score (nSPS) is 25.0. The third-order valence-electron chi connectivity index (χ3n) is 6.86. The van der Waals surface area contributed by atoms with E-state index in [1.165, 1.54) is 4.90 Å². The zero-order valence-corrected chi connectivity index (χ0v) is 21.6. The van der Waals surface area contributed by atoms with Crippen LogP contribution in [0.25, 0.3) is 5.69 Å². The smallest absolute Gasteiger partial charge is 0.233 e. The largest absolute Gasteiger partial charge is 0.357 e. The number of likely N-dealkylation sites (tertiary alicyclic amines) is 1. The van der Waals surface area contributed by atoms with Gasteiger partial charge in [0, 0.05) is 32.4 Å². The summed E-state index contributed by atoms with van der Waals surface area (Å²) in [6.07, 6.45) is 9.86. The fourth-order valence-electron chi connectivity index (χ4n) is 5.32. The molecule has 8 nitrogen and oxygen atoms in total. The molecule has 2 fully saturated rings. The molecule has 2 aromatic rings. The van der Waals surface area contributed by atoms with Gasteiger partial charge < -0.3 is 10.6 Å². The van der Waals surface area contributed by atoms with Crippen LogP contribution in [-0.2, 0) is 16.0 Å². The number of para-hydroxylation sites is 1. The fraction of sp³-hybridized carbons (Fsp3) is 0.440. The highest BCUT2D eigenvalue weighted by atomic mass is 127. The van der Waals surface area contributed by atoms with Gasteiger partial charge in [-0.15, -0.1) is 24.0 Å². The van der Waals surface area contributed by atoms with E-state index in [-0.39, 0.29) is 59.5 Å². The van der Waals surface area contributed by atoms with Crippen molar-refractivity contribution in [3.63, 3.8) is 0 Å². The van der Waals surface area contributed by atoms with Crippen molar-refractivity contribution in [2.45, 2.75) is 19.8 Å². The van der Waals surface area contributed by atoms with Crippen LogP contribution < -0.4 is 10.6 Å². The summed E-state index contributed by atoms with van der Waals surface area (Å²) < 4.78 is 1.86. The summed E-state index contributed by atoms with van der Waals surface area (Å²) in [5, 5.41) is 10.9. The number of amides is 2. The average Bonchev–Trinajstić information content (AvgIpc) is 3.61. The number of hydrogen-bond donors (Lipinski definition) is 2. The number of nitrogens with one attached hydrogen (secondary N) is 2. The van der Waals surface area contributed by atoms with Crippen molar-refractivity contribution in [2.75, 3.05) is 26.2 Å². The lowest BCUT2D eigenvalue weighted by atomic mass is 9.85. The van der Waals surface area contributed by atoms with E-state index < -0.39 is 0 Å². The predicted molar refractivity (Wildman–Crippen MR) is 141 cm³/mol. The first-order chi connectivity index (χ1) is 16.2. The summed E-state index contributed by atoms with van der Waals surface area (Å²) in [7, 11) is 0. The number of benzene rings is 1. The number of rotatable bonds is 8. The maximum Gasteiger partial charge on any atom is 0.233 e. The second-order valence-corrected chi connectivity index (χ2v) is 8.89. The van der Waals surface area contributed by atoms with Crippen LogP contribution in [0.3, 0.4) is 0 Å². The van der Waals surface area contributed by atoms with Crippen molar-refractivity contribution in [1.82, 2.24) is 25.3 Å². The molecule has 34 heavy (non-hydrogen) atoms. The molecular formula is C25H31IN6O2. The summed E-state index contributed by atoms with van der Waals surface area (Å²) in [4.78, 5) is 31.7. The van der Waals surface area contributed by atoms with Crippen molar-refractivity contribution in [2.24, 2.45) is 28.7 Å². The van der Waals surface area contributed by atoms with E-state index in [1.807, 2.05) is 54.3 Å². The summed E-state index contributed by atoms with van der Waals surface area (Å²) in [5.74, 6) is 0.924. The number of halogens is 1. The maximum absolute atomic E-state index is 12.8. The topological polar surface area (TPSA) is 91.6 Å². The molecule has 1 aromatic carbocycles. The number of carbonyl (C=O) groups excluding carboxylic acids is 2. The lowest BCUT2D eigenvalue weighted by Crippen LogP contribution is -2.43. The molecular weight excluding hydrogens is 543 g/mol. The standard InChI is InChI=1S/C25H30N6O2.HI/c1-2-26-25(27-11-10-17-15-29-31(16-17)20-6-4-3-5-7-20)28-12-13-30-23(32)21-18-8-9-19(14-18)22(21)24(30)33;/h3-9,15-16,18-19,21-22H,2,10-14H2,1H3,(H2,26,27,28);1H. The van der Waals surface area contributed by atoms with E-state index in [0.717, 1.165) is 30.6 Å². The first kappa shape index (κ1) is 24.4. The molecule has 3 aliphatic rings. The number of fused-ring (bicyclic) bond motifs is 5. The Morgan fingerprint density at radius 2 is 1.79 bits per heavy atom. The number of guanidine groups is 1. The number of imide groups is 1. The molecule has 4 unspecified atom stereocenters. The number of aromatic nitrogens is 2. The van der Waals surface area contributed by atoms with Gasteiger partial charge in [0.2, 0.25) is 11.8 Å². The number of carbonyl (C=O) groups is 2. The van der Waals surface area contributed by atoms with Crippen molar-refractivity contribution in [3.05, 3.63) is 60.4 Å². The average molecular weight is 574 g/mol. The number of aliphatic imine (C=N–C) groups is 1. The molecule has 4 atom stereocenters. The monoisotopic (exact) mass is 574 g/mol. The Bertz CT molecular complexity index is 1050. The highest BCUT2D eigenvalue weighted by Crippen LogP contribution is 2.52. The molecule has 0 radical (unpaired) electrons. The Kier molecular flexibility index (Phi) is 7.70. The molecule has 1 saturated heterocycles. The third-order valence-corrected chi connectivity index (χ3v) is 6.86. The first-order valence-corrected chi connectivity index (χ1v) is 11.8. The quantitative estimate of drug-likeness (QED) is 0.166. The molecule has 9 heteroatoms. The van der Waals surface area contributed by atoms with Gasteiger partial charge in [-0.05, 0) is 49.3 Å². The minimum absolute atomic E-state index is 0. The molecule has 1 saturated carbocycles. The van der Waals surface area contributed by atoms with E-state index in [0.29, 0.717) is 25.6 Å². The molecule has 2 N–H and O–H groups in total. The van der Waals surface area contributed by atoms with Gasteiger partial charge in [-0.25, -0.2) is 4.68 Å². The SMILES string of the molecule is CCNC(=NCCc1cnn(-c2ccccc2)c1)NCCN1C(=O)C2C3C=CC(C3)C2C1=O.I. The van der Waals surface area contributed by atoms with Gasteiger partial charge in [0.1, 0.15) is 0 Å². The van der Waals surface area contributed by atoms with Crippen molar-refractivity contribution < 1.29 is 9.59 Å². The lowest BCUT2D eigenvalue weighted by molar-refractivity contribution is -0.140. The fourth-order valence-corrected chi connectivity index (χ4v) is 5.32. The Hall–Kier alpha value is -2.69. The van der Waals surface area contributed by atoms with Gasteiger partial charge in [-0.2, -0.15) is 5.10 Å². The van der Waals surface area contributed by atoms with Crippen molar-refractivity contribution in [1.29, 1.82) is 0 Å². The van der Waals surface area contributed by atoms with Crippen molar-refractivity contribution >= 4 is 41.8 Å². The Morgan fingerprint density at radius 1 is 1.09 bits per heavy atom. The maximum atomic E-state index is 12.8. The molecule has 0 spiro atoms. The van der Waals surface area contributed by atoms with Gasteiger partial charge in [0.15, 0.2) is 5.96 Å². The van der Waals surface area contributed by atoms with Crippen LogP contribution >= 0.6 is 24.0 Å². The van der Waals surface area contributed by atoms with Gasteiger partial charge in [0.25, 0.3) is 0 Å². The first-order valence-electron chi connectivity index (χ1n) is 11.8. The van der Waals surface area contributed by atoms with Crippen LogP contribution in [0.5, 0.6) is 0 Å². The van der Waals surface area contributed by atoms with Gasteiger partial charge in [-0.3, -0.25) is 19.5 Å². The van der Waals surface area contributed by atoms with Crippen LogP contribution in [-0.4, -0.2) is 58.6 Å². The van der Waals surface area contributed by atoms with E-state index >= 15 is 0 Å². The molecule has 2 aliphatic carbocycles. The van der Waals surface area contributed by atoms with E-state index in [2.05, 4.69) is 32.9 Å². The number of nitrogens with zero attached hydrogens (tertiary/aromatic N) is 4. The Labute approximate surface area is 216 Å². The Balaban J connectivity index is 0.00000274. The zero-order valence-electron chi connectivity index (χ0n) is 19.3. The minimum Gasteiger partial charge on any atom is -0.357 e. The predicted octanol–water partition coefficient (Wildman–Crippen LogP) is 2.40. The zero-order chi connectivity index (χ0) is 22.8. The van der Waals surface area contributed by atoms with E-state index in [1.54, 1.807) is 0 Å². The van der Waals surface area contributed by atoms with Gasteiger partial charge in [0.05, 0.1) is 23.7 Å². The van der Waals surface area contributed by atoms with E-state index in [9.17, 15) is 9.59 Å². The molecule has 1 aliphatic heterocycles. The van der Waals surface area contributed by atoms with Gasteiger partial charge in [-0.1, -0.05) is 30.4 Å². The molecule has 5 rings (SSSR count). The van der Waals surface area contributed by atoms with E-state index in [4.69, 9.17) is 0 Å². The van der Waals surface area contributed by atoms with Crippen LogP contribution in [0.4, 0.5) is 0 Å². The second-order valence-electron chi connectivity index (χ2n) is 8.89. The van der Waals surface area contributed by atoms with Gasteiger partial charge >= 0.3 is 0 Å². The minimum atomic E-state index is -0.133. The second kappa shape index (κ2) is 10.7. The number of allylic oxidation sites excluding steroid dienone is 2. The molecule has 180 valence electrons. The number of hydrogen-bond acceptors (Lipinski definition) is 4. The molecule has 2 amide bonds. The van der Waals surface area contributed by atoms with Crippen LogP contribution in [0.15, 0.2) is 59.9 Å². The Morgan fingerprint density at radius 3 is 2.47 bits per heavy atom. The lowest BCUT2D eigenvalue weighted by Gasteiger charge is -2.18. The summed E-state index contributed by atoms with van der Waals surface area (Å²) in [6.45, 7) is 4.21. The summed E-state index contributed by atoms with van der Waals surface area (Å²) in [5.41, 5.74) is 2.14.